The molecule has 0 N–H and O–H groups in total. The third kappa shape index (κ3) is 3.16. The van der Waals surface area contributed by atoms with Crippen LogP contribution < -0.4 is 10.3 Å². The molecule has 0 amide bonds. The smallest absolute Gasteiger partial charge is 0.251 e. The van der Waals surface area contributed by atoms with Gasteiger partial charge in [0.25, 0.3) is 5.56 Å². The second kappa shape index (κ2) is 6.48. The number of aryl methyl sites for hydroxylation is 1. The maximum absolute atomic E-state index is 12.1. The molecule has 0 unspecified atom stereocenters. The van der Waals surface area contributed by atoms with E-state index < -0.39 is 0 Å². The van der Waals surface area contributed by atoms with E-state index in [9.17, 15) is 9.59 Å². The highest BCUT2D eigenvalue weighted by Crippen LogP contribution is 2.23. The van der Waals surface area contributed by atoms with Gasteiger partial charge in [-0.1, -0.05) is 30.3 Å². The zero-order valence-corrected chi connectivity index (χ0v) is 12.9. The first-order chi connectivity index (χ1) is 11.2. The number of carbonyl (C=O) groups is 1. The van der Waals surface area contributed by atoms with E-state index in [4.69, 9.17) is 4.74 Å². The Morgan fingerprint density at radius 3 is 2.61 bits per heavy atom. The van der Waals surface area contributed by atoms with Gasteiger partial charge >= 0.3 is 0 Å². The van der Waals surface area contributed by atoms with Crippen molar-refractivity contribution < 1.29 is 9.53 Å². The zero-order valence-electron chi connectivity index (χ0n) is 12.9. The second-order valence-corrected chi connectivity index (χ2v) is 5.40. The number of fused-ring (bicyclic) bond motifs is 1. The molecule has 0 fully saturated rings. The van der Waals surface area contributed by atoms with Gasteiger partial charge in [0.15, 0.2) is 0 Å². The number of benzene rings is 2. The number of aromatic nitrogens is 1. The molecule has 0 aliphatic heterocycles. The van der Waals surface area contributed by atoms with E-state index in [1.54, 1.807) is 6.07 Å². The minimum absolute atomic E-state index is 0.0394. The van der Waals surface area contributed by atoms with Crippen LogP contribution in [0.4, 0.5) is 0 Å². The molecule has 0 radical (unpaired) electrons. The third-order valence-electron chi connectivity index (χ3n) is 3.80. The summed E-state index contributed by atoms with van der Waals surface area (Å²) >= 11 is 0. The summed E-state index contributed by atoms with van der Waals surface area (Å²) in [7, 11) is 0. The van der Waals surface area contributed by atoms with E-state index in [-0.39, 0.29) is 12.1 Å². The Labute approximate surface area is 133 Å². The lowest BCUT2D eigenvalue weighted by atomic mass is 10.1. The highest BCUT2D eigenvalue weighted by molar-refractivity contribution is 5.84. The summed E-state index contributed by atoms with van der Waals surface area (Å²) in [5.41, 5.74) is 2.50. The van der Waals surface area contributed by atoms with E-state index in [1.807, 2.05) is 55.5 Å². The van der Waals surface area contributed by atoms with Gasteiger partial charge in [-0.25, -0.2) is 0 Å². The number of aldehydes is 1. The van der Waals surface area contributed by atoms with Crippen molar-refractivity contribution in [3.63, 3.8) is 0 Å². The molecule has 0 saturated carbocycles. The summed E-state index contributed by atoms with van der Waals surface area (Å²) in [5, 5.41) is 0.943. The van der Waals surface area contributed by atoms with Crippen LogP contribution in [0.25, 0.3) is 10.9 Å². The summed E-state index contributed by atoms with van der Waals surface area (Å²) in [4.78, 5) is 23.0. The zero-order chi connectivity index (χ0) is 16.2. The second-order valence-electron chi connectivity index (χ2n) is 5.40. The molecule has 1 aromatic heterocycles. The van der Waals surface area contributed by atoms with Gasteiger partial charge in [-0.15, -0.1) is 0 Å². The van der Waals surface area contributed by atoms with Crippen LogP contribution in [0.2, 0.25) is 0 Å². The van der Waals surface area contributed by atoms with Gasteiger partial charge in [0.1, 0.15) is 18.6 Å². The van der Waals surface area contributed by atoms with Crippen molar-refractivity contribution in [1.29, 1.82) is 0 Å². The highest BCUT2D eigenvalue weighted by Gasteiger charge is 2.08. The molecule has 1 heterocycles. The number of hydrogen-bond donors (Lipinski definition) is 0. The van der Waals surface area contributed by atoms with Crippen LogP contribution in [0.15, 0.2) is 59.4 Å². The minimum atomic E-state index is -0.178. The largest absolute Gasteiger partial charge is 0.489 e. The Morgan fingerprint density at radius 1 is 1.09 bits per heavy atom. The third-order valence-corrected chi connectivity index (χ3v) is 3.80. The average Bonchev–Trinajstić information content (AvgIpc) is 2.57. The number of pyridine rings is 1. The number of hydrogen-bond acceptors (Lipinski definition) is 3. The van der Waals surface area contributed by atoms with Crippen LogP contribution in [0, 0.1) is 6.92 Å². The summed E-state index contributed by atoms with van der Waals surface area (Å²) in [5.74, 6) is 0.672. The van der Waals surface area contributed by atoms with E-state index in [0.717, 1.165) is 22.8 Å². The minimum Gasteiger partial charge on any atom is -0.489 e. The Balaban J connectivity index is 1.98. The van der Waals surface area contributed by atoms with Crippen LogP contribution in [-0.4, -0.2) is 10.9 Å². The van der Waals surface area contributed by atoms with Gasteiger partial charge in [-0.3, -0.25) is 4.79 Å². The molecule has 23 heavy (non-hydrogen) atoms. The van der Waals surface area contributed by atoms with Crippen LogP contribution in [0.5, 0.6) is 5.75 Å². The van der Waals surface area contributed by atoms with E-state index in [0.29, 0.717) is 17.9 Å². The van der Waals surface area contributed by atoms with Gasteiger partial charge in [0, 0.05) is 17.5 Å². The van der Waals surface area contributed by atoms with Crippen molar-refractivity contribution in [1.82, 2.24) is 4.57 Å². The molecular weight excluding hydrogens is 290 g/mol. The molecule has 0 saturated heterocycles. The molecule has 3 aromatic rings. The predicted octanol–water partition coefficient (Wildman–Crippen LogP) is 3.09. The first kappa shape index (κ1) is 15.0. The number of rotatable bonds is 5. The van der Waals surface area contributed by atoms with Gasteiger partial charge in [0.05, 0.1) is 12.1 Å². The SMILES string of the molecule is Cc1cc(=O)n(CC=O)c2cc(OCc3ccccc3)ccc12. The number of carbonyl (C=O) groups excluding carboxylic acids is 1. The molecular formula is C19H17NO3. The Bertz CT molecular complexity index is 898. The Kier molecular flexibility index (Phi) is 4.24. The van der Waals surface area contributed by atoms with Crippen LogP contribution >= 0.6 is 0 Å². The van der Waals surface area contributed by atoms with Crippen molar-refractivity contribution in [2.24, 2.45) is 0 Å². The van der Waals surface area contributed by atoms with E-state index in [2.05, 4.69) is 0 Å². The first-order valence-electron chi connectivity index (χ1n) is 7.43. The number of nitrogens with zero attached hydrogens (tertiary/aromatic N) is 1. The van der Waals surface area contributed by atoms with Crippen molar-refractivity contribution in [2.75, 3.05) is 0 Å². The molecule has 116 valence electrons. The van der Waals surface area contributed by atoms with Crippen LogP contribution in [0.3, 0.4) is 0 Å². The van der Waals surface area contributed by atoms with Crippen molar-refractivity contribution >= 4 is 17.2 Å². The van der Waals surface area contributed by atoms with Gasteiger partial charge < -0.3 is 14.1 Å². The van der Waals surface area contributed by atoms with Gasteiger partial charge in [-0.05, 0) is 30.2 Å². The van der Waals surface area contributed by atoms with Crippen molar-refractivity contribution in [3.8, 4) is 5.75 Å². The molecule has 3 rings (SSSR count). The molecule has 4 heteroatoms. The van der Waals surface area contributed by atoms with E-state index in [1.165, 1.54) is 4.57 Å². The van der Waals surface area contributed by atoms with E-state index >= 15 is 0 Å². The Hall–Kier alpha value is -2.88. The Morgan fingerprint density at radius 2 is 1.87 bits per heavy atom. The fourth-order valence-electron chi connectivity index (χ4n) is 2.62. The van der Waals surface area contributed by atoms with Gasteiger partial charge in [0.2, 0.25) is 0 Å². The molecule has 0 aliphatic rings. The van der Waals surface area contributed by atoms with Crippen LogP contribution in [0.1, 0.15) is 11.1 Å². The molecule has 2 aromatic carbocycles. The van der Waals surface area contributed by atoms with Crippen molar-refractivity contribution in [2.45, 2.75) is 20.1 Å². The monoisotopic (exact) mass is 307 g/mol. The van der Waals surface area contributed by atoms with Crippen LogP contribution in [-0.2, 0) is 17.9 Å². The molecule has 0 bridgehead atoms. The molecule has 0 aliphatic carbocycles. The first-order valence-corrected chi connectivity index (χ1v) is 7.43. The predicted molar refractivity (Wildman–Crippen MR) is 89.8 cm³/mol. The normalized spacial score (nSPS) is 10.7. The van der Waals surface area contributed by atoms with Crippen molar-refractivity contribution in [3.05, 3.63) is 76.1 Å². The average molecular weight is 307 g/mol. The molecule has 0 spiro atoms. The highest BCUT2D eigenvalue weighted by atomic mass is 16.5. The van der Waals surface area contributed by atoms with Gasteiger partial charge in [-0.2, -0.15) is 0 Å². The maximum Gasteiger partial charge on any atom is 0.251 e. The summed E-state index contributed by atoms with van der Waals surface area (Å²) in [6, 6.07) is 17.0. The molecule has 0 atom stereocenters. The summed E-state index contributed by atoms with van der Waals surface area (Å²) < 4.78 is 7.27. The standard InChI is InChI=1S/C19H17NO3/c1-14-11-19(22)20(9-10-21)18-12-16(7-8-17(14)18)23-13-15-5-3-2-4-6-15/h2-8,10-12H,9,13H2,1H3. The quantitative estimate of drug-likeness (QED) is 0.681. The summed E-state index contributed by atoms with van der Waals surface area (Å²) in [6.07, 6.45) is 0.730. The lowest BCUT2D eigenvalue weighted by molar-refractivity contribution is -0.108. The lowest BCUT2D eigenvalue weighted by Crippen LogP contribution is -2.21. The fraction of sp³-hybridized carbons (Fsp3) is 0.158. The fourth-order valence-corrected chi connectivity index (χ4v) is 2.62. The topological polar surface area (TPSA) is 48.3 Å². The lowest BCUT2D eigenvalue weighted by Gasteiger charge is -2.12. The summed E-state index contributed by atoms with van der Waals surface area (Å²) in [6.45, 7) is 2.38. The maximum atomic E-state index is 12.1. The molecule has 4 nitrogen and oxygen atoms in total. The number of ether oxygens (including phenoxy) is 1.